The van der Waals surface area contributed by atoms with Gasteiger partial charge in [-0.1, -0.05) is 38.2 Å². The van der Waals surface area contributed by atoms with Gasteiger partial charge in [-0.15, -0.1) is 0 Å². The molecule has 0 aromatic heterocycles. The number of hydrogen-bond acceptors (Lipinski definition) is 0. The SMILES string of the molecule is C1=CCC=C1.C=[C-]CC.C=[C-]CC.[CH3-].[CH3-].[Y].[Y].[Y]. The Morgan fingerprint density at radius 1 is 0.833 bits per heavy atom. The van der Waals surface area contributed by atoms with Gasteiger partial charge < -0.3 is 27.0 Å². The van der Waals surface area contributed by atoms with Gasteiger partial charge >= 0.3 is 0 Å². The Balaban J connectivity index is -0.0000000179. The summed E-state index contributed by atoms with van der Waals surface area (Å²) in [5.74, 6) is 0. The molecule has 0 heterocycles. The van der Waals surface area contributed by atoms with Gasteiger partial charge in [0.2, 0.25) is 0 Å². The monoisotopic (exact) mass is 473 g/mol. The zero-order valence-electron chi connectivity index (χ0n) is 12.6. The molecule has 0 nitrogen and oxygen atoms in total. The second kappa shape index (κ2) is 50.6. The van der Waals surface area contributed by atoms with Crippen LogP contribution in [0.1, 0.15) is 33.1 Å². The van der Waals surface area contributed by atoms with E-state index in [0.717, 1.165) is 19.3 Å². The van der Waals surface area contributed by atoms with Gasteiger partial charge in [0.25, 0.3) is 0 Å². The molecule has 0 bridgehead atoms. The summed E-state index contributed by atoms with van der Waals surface area (Å²) >= 11 is 0. The molecule has 0 saturated heterocycles. The van der Waals surface area contributed by atoms with Gasteiger partial charge in [0.05, 0.1) is 0 Å². The third-order valence-corrected chi connectivity index (χ3v) is 1.16. The van der Waals surface area contributed by atoms with E-state index in [-0.39, 0.29) is 113 Å². The third-order valence-electron chi connectivity index (χ3n) is 1.16. The molecule has 0 aromatic rings. The van der Waals surface area contributed by atoms with Crippen molar-refractivity contribution in [3.05, 3.63) is 64.5 Å². The Morgan fingerprint density at radius 2 is 1.06 bits per heavy atom. The smallest absolute Gasteiger partial charge is 0 e. The first-order valence-corrected chi connectivity index (χ1v) is 4.64. The van der Waals surface area contributed by atoms with Crippen molar-refractivity contribution in [3.8, 4) is 0 Å². The molecule has 1 rings (SSSR count). The fourth-order valence-electron chi connectivity index (χ4n) is 0.393. The molecule has 0 atom stereocenters. The van der Waals surface area contributed by atoms with E-state index < -0.39 is 0 Å². The van der Waals surface area contributed by atoms with Gasteiger partial charge in [-0.3, -0.25) is 13.2 Å². The van der Waals surface area contributed by atoms with Gasteiger partial charge in [0.1, 0.15) is 0 Å². The summed E-state index contributed by atoms with van der Waals surface area (Å²) in [4.78, 5) is 0. The Morgan fingerprint density at radius 3 is 1.11 bits per heavy atom. The van der Waals surface area contributed by atoms with Crippen molar-refractivity contribution in [3.63, 3.8) is 0 Å². The van der Waals surface area contributed by atoms with Crippen LogP contribution in [0.4, 0.5) is 0 Å². The maximum atomic E-state index is 3.35. The molecule has 18 heavy (non-hydrogen) atoms. The first-order valence-electron chi connectivity index (χ1n) is 4.64. The van der Waals surface area contributed by atoms with Crippen molar-refractivity contribution in [1.29, 1.82) is 0 Å². The molecule has 0 amide bonds. The van der Waals surface area contributed by atoms with Crippen LogP contribution in [0, 0.1) is 27.0 Å². The summed E-state index contributed by atoms with van der Waals surface area (Å²) in [6.45, 7) is 10.7. The molecule has 0 aromatic carbocycles. The molecule has 0 saturated carbocycles. The minimum atomic E-state index is 0. The van der Waals surface area contributed by atoms with Crippen LogP contribution in [-0.2, 0) is 98.1 Å². The van der Waals surface area contributed by atoms with Gasteiger partial charge in [-0.05, 0) is 6.42 Å². The average molecular weight is 473 g/mol. The standard InChI is InChI=1S/C5H6.2C4H7.2CH3.3Y/c1-2-4-5-3-1;2*1-3-4-2;;;;;/h1-4H,5H2;2*1,4H2,2H3;2*1H3;;;/q;4*-1;;;. The fraction of sp³-hybridized carbons (Fsp3) is 0.333. The Hall–Kier alpha value is 2.27. The second-order valence-corrected chi connectivity index (χ2v) is 2.30. The van der Waals surface area contributed by atoms with E-state index in [1.165, 1.54) is 0 Å². The molecule has 3 radical (unpaired) electrons. The number of allylic oxidation sites excluding steroid dienone is 6. The molecule has 0 N–H and O–H groups in total. The topological polar surface area (TPSA) is 0 Å². The summed E-state index contributed by atoms with van der Waals surface area (Å²) in [5, 5.41) is 0. The summed E-state index contributed by atoms with van der Waals surface area (Å²) < 4.78 is 0. The Labute approximate surface area is 192 Å². The van der Waals surface area contributed by atoms with Crippen molar-refractivity contribution in [1.82, 2.24) is 0 Å². The summed E-state index contributed by atoms with van der Waals surface area (Å²) in [7, 11) is 0. The zero-order valence-corrected chi connectivity index (χ0v) is 21.1. The molecule has 0 unspecified atom stereocenters. The van der Waals surface area contributed by atoms with E-state index in [9.17, 15) is 0 Å². The van der Waals surface area contributed by atoms with Gasteiger partial charge in [0.15, 0.2) is 0 Å². The second-order valence-electron chi connectivity index (χ2n) is 2.30. The molecule has 0 aliphatic heterocycles. The molecule has 0 spiro atoms. The van der Waals surface area contributed by atoms with Crippen LogP contribution in [0.5, 0.6) is 0 Å². The largest absolute Gasteiger partial charge is 0.504 e. The van der Waals surface area contributed by atoms with Crippen molar-refractivity contribution in [2.45, 2.75) is 33.1 Å². The van der Waals surface area contributed by atoms with Crippen molar-refractivity contribution < 1.29 is 98.1 Å². The zero-order chi connectivity index (χ0) is 10.4. The predicted molar refractivity (Wildman–Crippen MR) is 74.0 cm³/mol. The van der Waals surface area contributed by atoms with Gasteiger partial charge in [-0.25, -0.2) is 0 Å². The quantitative estimate of drug-likeness (QED) is 0.486. The van der Waals surface area contributed by atoms with E-state index in [1.54, 1.807) is 0 Å². The van der Waals surface area contributed by atoms with Crippen LogP contribution < -0.4 is 0 Å². The minimum Gasteiger partial charge on any atom is -0.504 e. The predicted octanol–water partition coefficient (Wildman–Crippen LogP) is 5.17. The molecule has 1 aliphatic carbocycles. The van der Waals surface area contributed by atoms with Crippen LogP contribution in [0.2, 0.25) is 0 Å². The average Bonchev–Trinajstić information content (AvgIpc) is 2.76. The van der Waals surface area contributed by atoms with Crippen molar-refractivity contribution in [2.24, 2.45) is 0 Å². The maximum absolute atomic E-state index is 3.35. The molecule has 99 valence electrons. The molecule has 1 aliphatic rings. The fourth-order valence-corrected chi connectivity index (χ4v) is 0.393. The summed E-state index contributed by atoms with van der Waals surface area (Å²) in [5.41, 5.74) is 0. The van der Waals surface area contributed by atoms with E-state index >= 15 is 0 Å². The first-order chi connectivity index (χ1) is 6.33. The van der Waals surface area contributed by atoms with Gasteiger partial charge in [-0.2, -0.15) is 12.8 Å². The Kier molecular flexibility index (Phi) is 120. The van der Waals surface area contributed by atoms with E-state index in [1.807, 2.05) is 13.8 Å². The third kappa shape index (κ3) is 63.4. The van der Waals surface area contributed by atoms with E-state index in [0.29, 0.717) is 0 Å². The molecular weight excluding hydrogens is 447 g/mol. The number of rotatable bonds is 2. The van der Waals surface area contributed by atoms with E-state index in [2.05, 4.69) is 49.6 Å². The van der Waals surface area contributed by atoms with Crippen molar-refractivity contribution >= 4 is 0 Å². The minimum absolute atomic E-state index is 0. The molecule has 0 fully saturated rings. The van der Waals surface area contributed by atoms with Crippen LogP contribution in [0.25, 0.3) is 0 Å². The normalized spacial score (nSPS) is 7.67. The molecular formula is C15H26Y3-4. The summed E-state index contributed by atoms with van der Waals surface area (Å²) in [6, 6.07) is 0. The van der Waals surface area contributed by atoms with Crippen LogP contribution >= 0.6 is 0 Å². The van der Waals surface area contributed by atoms with Crippen molar-refractivity contribution in [2.75, 3.05) is 0 Å². The first kappa shape index (κ1) is 42.7. The maximum Gasteiger partial charge on any atom is 0 e. The van der Waals surface area contributed by atoms with Gasteiger partial charge in [0, 0.05) is 98.1 Å². The summed E-state index contributed by atoms with van der Waals surface area (Å²) in [6.07, 6.45) is 16.8. The van der Waals surface area contributed by atoms with Crippen LogP contribution in [-0.4, -0.2) is 0 Å². The Bertz CT molecular complexity index is 143. The van der Waals surface area contributed by atoms with Crippen LogP contribution in [0.15, 0.2) is 37.5 Å². The van der Waals surface area contributed by atoms with E-state index in [4.69, 9.17) is 0 Å². The molecule has 3 heteroatoms. The number of hydrogen-bond donors (Lipinski definition) is 0. The van der Waals surface area contributed by atoms with Crippen LogP contribution in [0.3, 0.4) is 0 Å².